The number of methoxy groups -OCH3 is 1. The van der Waals surface area contributed by atoms with Crippen molar-refractivity contribution in [3.05, 3.63) is 88.6 Å². The van der Waals surface area contributed by atoms with Crippen molar-refractivity contribution < 1.29 is 14.3 Å². The summed E-state index contributed by atoms with van der Waals surface area (Å²) < 4.78 is 6.70. The molecule has 0 saturated carbocycles. The normalized spacial score (nSPS) is 11.9. The van der Waals surface area contributed by atoms with Gasteiger partial charge in [-0.15, -0.1) is 0 Å². The number of esters is 1. The summed E-state index contributed by atoms with van der Waals surface area (Å²) in [5.74, 6) is -0.562. The number of ether oxygens (including phenoxy) is 1. The fourth-order valence-corrected chi connectivity index (χ4v) is 4.13. The first-order chi connectivity index (χ1) is 16.3. The van der Waals surface area contributed by atoms with Gasteiger partial charge in [0.1, 0.15) is 0 Å². The number of nitrogens with one attached hydrogen (secondary N) is 1. The van der Waals surface area contributed by atoms with E-state index >= 15 is 0 Å². The number of carbonyl (C=O) groups is 2. The topological polar surface area (TPSA) is 99.2 Å². The van der Waals surface area contributed by atoms with Crippen molar-refractivity contribution >= 4 is 22.8 Å². The Hall–Kier alpha value is -3.97. The predicted octanol–water partition coefficient (Wildman–Crippen LogP) is 4.29. The van der Waals surface area contributed by atoms with E-state index in [9.17, 15) is 9.59 Å². The van der Waals surface area contributed by atoms with Crippen LogP contribution in [0.2, 0.25) is 0 Å². The van der Waals surface area contributed by atoms with Gasteiger partial charge in [-0.25, -0.2) is 9.78 Å². The maximum Gasteiger partial charge on any atom is 0.339 e. The number of hydrogen-bond donors (Lipinski definition) is 2. The first-order valence-electron chi connectivity index (χ1n) is 11.1. The number of nitrogens with zero attached hydrogens (tertiary/aromatic N) is 2. The summed E-state index contributed by atoms with van der Waals surface area (Å²) in [4.78, 5) is 30.0. The first-order valence-corrected chi connectivity index (χ1v) is 11.1. The number of fused-ring (bicyclic) bond motifs is 1. The lowest BCUT2D eigenvalue weighted by molar-refractivity contribution is 0.0600. The number of nitrogens with two attached hydrogens (primary N) is 1. The molecule has 4 aromatic rings. The van der Waals surface area contributed by atoms with Crippen molar-refractivity contribution in [2.75, 3.05) is 7.11 Å². The van der Waals surface area contributed by atoms with Crippen LogP contribution < -0.4 is 11.1 Å². The molecule has 3 N–H and O–H groups in total. The van der Waals surface area contributed by atoms with Gasteiger partial charge in [0.05, 0.1) is 35.6 Å². The van der Waals surface area contributed by atoms with E-state index in [2.05, 4.69) is 5.32 Å². The minimum absolute atomic E-state index is 0.158. The molecule has 0 bridgehead atoms. The van der Waals surface area contributed by atoms with Crippen LogP contribution in [0.15, 0.2) is 60.8 Å². The number of hydrogen-bond acceptors (Lipinski definition) is 5. The van der Waals surface area contributed by atoms with Gasteiger partial charge in [0.25, 0.3) is 5.91 Å². The third-order valence-corrected chi connectivity index (χ3v) is 6.03. The molecule has 174 valence electrons. The highest BCUT2D eigenvalue weighted by molar-refractivity contribution is 5.96. The van der Waals surface area contributed by atoms with Crippen molar-refractivity contribution in [3.63, 3.8) is 0 Å². The second kappa shape index (κ2) is 9.49. The zero-order chi connectivity index (χ0) is 24.4. The van der Waals surface area contributed by atoms with Gasteiger partial charge in [-0.3, -0.25) is 4.79 Å². The number of pyridine rings is 1. The Balaban J connectivity index is 1.75. The molecule has 4 rings (SSSR count). The Morgan fingerprint density at radius 3 is 2.65 bits per heavy atom. The van der Waals surface area contributed by atoms with E-state index in [0.29, 0.717) is 23.4 Å². The molecule has 0 aliphatic heterocycles. The minimum Gasteiger partial charge on any atom is -0.465 e. The molecule has 0 aliphatic carbocycles. The lowest BCUT2D eigenvalue weighted by Gasteiger charge is -2.19. The molecule has 0 unspecified atom stereocenters. The average molecular weight is 457 g/mol. The molecular weight excluding hydrogens is 428 g/mol. The van der Waals surface area contributed by atoms with E-state index in [1.165, 1.54) is 7.11 Å². The Bertz CT molecular complexity index is 1390. The lowest BCUT2D eigenvalue weighted by atomic mass is 9.99. The molecule has 1 atom stereocenters. The van der Waals surface area contributed by atoms with E-state index in [-0.39, 0.29) is 11.9 Å². The molecule has 2 aromatic heterocycles. The fraction of sp³-hybridized carbons (Fsp3) is 0.222. The van der Waals surface area contributed by atoms with Crippen LogP contribution in [-0.2, 0) is 18.3 Å². The SMILES string of the molecule is COC(=O)c1cc(-c2cc([C@@H](C)NC(=O)c3cc(CN)ccc3C)c3ccccc3n2)n(C)c1. The molecule has 0 saturated heterocycles. The van der Waals surface area contributed by atoms with Crippen molar-refractivity contribution in [1.29, 1.82) is 0 Å². The molecule has 1 amide bonds. The summed E-state index contributed by atoms with van der Waals surface area (Å²) in [6, 6.07) is 16.9. The van der Waals surface area contributed by atoms with E-state index < -0.39 is 5.97 Å². The summed E-state index contributed by atoms with van der Waals surface area (Å²) in [5, 5.41) is 4.09. The first kappa shape index (κ1) is 23.2. The van der Waals surface area contributed by atoms with Crippen LogP contribution in [0, 0.1) is 6.92 Å². The van der Waals surface area contributed by atoms with Crippen molar-refractivity contribution in [2.45, 2.75) is 26.4 Å². The van der Waals surface area contributed by atoms with Crippen LogP contribution in [0.25, 0.3) is 22.3 Å². The number of rotatable bonds is 6. The monoisotopic (exact) mass is 456 g/mol. The highest BCUT2D eigenvalue weighted by Gasteiger charge is 2.19. The van der Waals surface area contributed by atoms with Gasteiger partial charge in [-0.05, 0) is 54.8 Å². The Morgan fingerprint density at radius 1 is 1.15 bits per heavy atom. The Kier molecular flexibility index (Phi) is 6.47. The quantitative estimate of drug-likeness (QED) is 0.422. The van der Waals surface area contributed by atoms with Crippen molar-refractivity contribution in [2.24, 2.45) is 12.8 Å². The number of aromatic nitrogens is 2. The summed E-state index contributed by atoms with van der Waals surface area (Å²) in [6.45, 7) is 4.24. The fourth-order valence-electron chi connectivity index (χ4n) is 4.13. The molecule has 7 heteroatoms. The van der Waals surface area contributed by atoms with Gasteiger partial charge in [-0.2, -0.15) is 0 Å². The number of para-hydroxylation sites is 1. The van der Waals surface area contributed by atoms with Crippen LogP contribution in [0.5, 0.6) is 0 Å². The van der Waals surface area contributed by atoms with Gasteiger partial charge in [0.15, 0.2) is 0 Å². The van der Waals surface area contributed by atoms with Crippen molar-refractivity contribution in [1.82, 2.24) is 14.9 Å². The summed E-state index contributed by atoms with van der Waals surface area (Å²) in [6.07, 6.45) is 1.72. The number of benzene rings is 2. The predicted molar refractivity (Wildman–Crippen MR) is 132 cm³/mol. The second-order valence-corrected chi connectivity index (χ2v) is 8.38. The number of amides is 1. The van der Waals surface area contributed by atoms with Gasteiger partial charge in [-0.1, -0.05) is 30.3 Å². The van der Waals surface area contributed by atoms with Crippen molar-refractivity contribution in [3.8, 4) is 11.4 Å². The Morgan fingerprint density at radius 2 is 1.91 bits per heavy atom. The van der Waals surface area contributed by atoms with E-state index in [1.807, 2.05) is 74.0 Å². The molecule has 2 aromatic carbocycles. The van der Waals surface area contributed by atoms with Crippen LogP contribution in [0.4, 0.5) is 0 Å². The Labute approximate surface area is 198 Å². The van der Waals surface area contributed by atoms with Crippen LogP contribution in [0.3, 0.4) is 0 Å². The summed E-state index contributed by atoms with van der Waals surface area (Å²) in [5.41, 5.74) is 11.8. The van der Waals surface area contributed by atoms with Gasteiger partial charge in [0.2, 0.25) is 0 Å². The smallest absolute Gasteiger partial charge is 0.339 e. The molecule has 0 aliphatic rings. The van der Waals surface area contributed by atoms with Crippen LogP contribution in [0.1, 0.15) is 50.4 Å². The third-order valence-electron chi connectivity index (χ3n) is 6.03. The van der Waals surface area contributed by atoms with E-state index in [4.69, 9.17) is 15.5 Å². The van der Waals surface area contributed by atoms with E-state index in [0.717, 1.165) is 33.3 Å². The molecule has 34 heavy (non-hydrogen) atoms. The molecular formula is C27H28N4O3. The maximum atomic E-state index is 13.2. The van der Waals surface area contributed by atoms with Crippen LogP contribution >= 0.6 is 0 Å². The van der Waals surface area contributed by atoms with Gasteiger partial charge >= 0.3 is 5.97 Å². The minimum atomic E-state index is -0.404. The second-order valence-electron chi connectivity index (χ2n) is 8.38. The van der Waals surface area contributed by atoms with E-state index in [1.54, 1.807) is 12.3 Å². The molecule has 0 spiro atoms. The maximum absolute atomic E-state index is 13.2. The third kappa shape index (κ3) is 4.43. The standard InChI is InChI=1S/C27H28N4O3/c1-16-9-10-18(14-28)11-21(16)26(32)29-17(2)22-13-24(30-23-8-6-5-7-20(22)23)25-12-19(15-31(25)3)27(33)34-4/h5-13,15,17H,14,28H2,1-4H3,(H,29,32)/t17-/m1/s1. The molecule has 0 fully saturated rings. The number of aryl methyl sites for hydroxylation is 2. The highest BCUT2D eigenvalue weighted by Crippen LogP contribution is 2.30. The zero-order valence-corrected chi connectivity index (χ0v) is 19.8. The van der Waals surface area contributed by atoms with Crippen LogP contribution in [-0.4, -0.2) is 28.5 Å². The van der Waals surface area contributed by atoms with Gasteiger partial charge in [0, 0.05) is 30.7 Å². The largest absolute Gasteiger partial charge is 0.465 e. The molecule has 2 heterocycles. The van der Waals surface area contributed by atoms with Gasteiger partial charge < -0.3 is 20.4 Å². The number of carbonyl (C=O) groups excluding carboxylic acids is 2. The summed E-state index contributed by atoms with van der Waals surface area (Å²) in [7, 11) is 3.22. The molecule has 0 radical (unpaired) electrons. The zero-order valence-electron chi connectivity index (χ0n) is 19.8. The molecule has 7 nitrogen and oxygen atoms in total. The lowest BCUT2D eigenvalue weighted by Crippen LogP contribution is -2.27. The summed E-state index contributed by atoms with van der Waals surface area (Å²) >= 11 is 0. The average Bonchev–Trinajstić information content (AvgIpc) is 3.24. The highest BCUT2D eigenvalue weighted by atomic mass is 16.5.